The molecule has 0 N–H and O–H groups in total. The second-order valence-corrected chi connectivity index (χ2v) is 7.34. The van der Waals surface area contributed by atoms with Crippen LogP contribution in [0.5, 0.6) is 5.75 Å². The van der Waals surface area contributed by atoms with E-state index in [2.05, 4.69) is 0 Å². The number of ether oxygens (including phenoxy) is 4. The summed E-state index contributed by atoms with van der Waals surface area (Å²) in [6.45, 7) is 1.19. The molecule has 8 heteroatoms. The highest BCUT2D eigenvalue weighted by Gasteiger charge is 2.54. The van der Waals surface area contributed by atoms with E-state index in [1.54, 1.807) is 49.4 Å². The van der Waals surface area contributed by atoms with Crippen LogP contribution in [-0.2, 0) is 47.4 Å². The molecule has 3 rings (SSSR count). The van der Waals surface area contributed by atoms with Crippen LogP contribution in [-0.4, -0.2) is 25.5 Å². The third-order valence-electron chi connectivity index (χ3n) is 5.14. The molecule has 7 nitrogen and oxygen atoms in total. The van der Waals surface area contributed by atoms with Crippen molar-refractivity contribution in [1.82, 2.24) is 0 Å². The van der Waals surface area contributed by atoms with Crippen molar-refractivity contribution in [3.63, 3.8) is 0 Å². The maximum atomic E-state index is 13.3. The number of rotatable bonds is 10. The molecule has 0 radical (unpaired) electrons. The Balaban J connectivity index is 1.91. The molecule has 176 valence electrons. The van der Waals surface area contributed by atoms with Gasteiger partial charge in [-0.15, -0.1) is 0 Å². The second kappa shape index (κ2) is 11.1. The van der Waals surface area contributed by atoms with Gasteiger partial charge >= 0.3 is 17.5 Å². The summed E-state index contributed by atoms with van der Waals surface area (Å²) in [6, 6.07) is 18.5. The lowest BCUT2D eigenvalue weighted by atomic mass is 9.89. The van der Waals surface area contributed by atoms with Crippen LogP contribution in [0.2, 0.25) is 0 Å². The fraction of sp³-hybridized carbons (Fsp3) is 0.192. The molecule has 0 amide bonds. The molecule has 1 atom stereocenters. The number of halogens is 1. The molecule has 0 aromatic heterocycles. The van der Waals surface area contributed by atoms with E-state index in [0.717, 1.165) is 0 Å². The Bertz CT molecular complexity index is 1140. The maximum Gasteiger partial charge on any atom is 0.367 e. The maximum absolute atomic E-state index is 13.3. The van der Waals surface area contributed by atoms with E-state index < -0.39 is 23.4 Å². The van der Waals surface area contributed by atoms with Crippen molar-refractivity contribution >= 4 is 18.4 Å². The zero-order valence-electron chi connectivity index (χ0n) is 18.7. The Labute approximate surface area is 196 Å². The number of hydrogen-bond acceptors (Lipinski definition) is 7. The van der Waals surface area contributed by atoms with Crippen LogP contribution in [0.15, 0.2) is 72.8 Å². The number of methoxy groups -OCH3 is 1. The monoisotopic (exact) mass is 466 g/mol. The summed E-state index contributed by atoms with van der Waals surface area (Å²) in [7, 11) is 1.53. The van der Waals surface area contributed by atoms with E-state index in [9.17, 15) is 18.8 Å². The van der Waals surface area contributed by atoms with Crippen LogP contribution in [0.25, 0.3) is 0 Å². The smallest absolute Gasteiger partial charge is 0.367 e. The molecule has 0 bridgehead atoms. The van der Waals surface area contributed by atoms with Gasteiger partial charge in [0.2, 0.25) is 0 Å². The molecule has 0 aliphatic heterocycles. The molecular weight excluding hydrogens is 443 g/mol. The second-order valence-electron chi connectivity index (χ2n) is 7.34. The van der Waals surface area contributed by atoms with Crippen molar-refractivity contribution in [3.05, 3.63) is 101 Å². The van der Waals surface area contributed by atoms with Crippen LogP contribution >= 0.6 is 0 Å². The zero-order chi connectivity index (χ0) is 24.6. The van der Waals surface area contributed by atoms with Crippen LogP contribution in [0.3, 0.4) is 0 Å². The van der Waals surface area contributed by atoms with Crippen molar-refractivity contribution in [2.24, 2.45) is 0 Å². The first kappa shape index (κ1) is 24.4. The molecule has 0 saturated carbocycles. The van der Waals surface area contributed by atoms with Crippen LogP contribution in [0.1, 0.15) is 22.3 Å². The quantitative estimate of drug-likeness (QED) is 0.193. The summed E-state index contributed by atoms with van der Waals surface area (Å²) in [5, 5.41) is 0. The Morgan fingerprint density at radius 1 is 0.853 bits per heavy atom. The van der Waals surface area contributed by atoms with Gasteiger partial charge in [0.25, 0.3) is 6.47 Å². The molecule has 3 aromatic rings. The van der Waals surface area contributed by atoms with Crippen LogP contribution in [0.4, 0.5) is 4.39 Å². The molecule has 0 fully saturated rings. The predicted octanol–water partition coefficient (Wildman–Crippen LogP) is 4.00. The lowest BCUT2D eigenvalue weighted by Gasteiger charge is -2.29. The van der Waals surface area contributed by atoms with Gasteiger partial charge in [0.1, 0.15) is 24.8 Å². The fourth-order valence-electron chi connectivity index (χ4n) is 3.31. The summed E-state index contributed by atoms with van der Waals surface area (Å²) in [4.78, 5) is 38.1. The Hall–Kier alpha value is -4.20. The fourth-order valence-corrected chi connectivity index (χ4v) is 3.31. The minimum Gasteiger partial charge on any atom is -0.497 e. The Kier molecular flexibility index (Phi) is 7.97. The summed E-state index contributed by atoms with van der Waals surface area (Å²) >= 11 is 0. The highest BCUT2D eigenvalue weighted by molar-refractivity contribution is 6.05. The number of esters is 2. The highest BCUT2D eigenvalue weighted by atomic mass is 19.1. The van der Waals surface area contributed by atoms with Gasteiger partial charge in [-0.25, -0.2) is 14.0 Å². The van der Waals surface area contributed by atoms with Crippen molar-refractivity contribution in [1.29, 1.82) is 0 Å². The van der Waals surface area contributed by atoms with Crippen molar-refractivity contribution in [2.75, 3.05) is 7.11 Å². The summed E-state index contributed by atoms with van der Waals surface area (Å²) in [5.41, 5.74) is -0.778. The molecular formula is C26H23FO7. The summed E-state index contributed by atoms with van der Waals surface area (Å²) in [5.74, 6) is -2.08. The minimum absolute atomic E-state index is 0.000233. The summed E-state index contributed by atoms with van der Waals surface area (Å²) in [6.07, 6.45) is 0. The van der Waals surface area contributed by atoms with Gasteiger partial charge in [0.05, 0.1) is 7.11 Å². The van der Waals surface area contributed by atoms with Crippen molar-refractivity contribution in [3.8, 4) is 5.75 Å². The van der Waals surface area contributed by atoms with Crippen LogP contribution < -0.4 is 4.74 Å². The van der Waals surface area contributed by atoms with Gasteiger partial charge in [-0.05, 0) is 47.9 Å². The molecule has 3 aromatic carbocycles. The van der Waals surface area contributed by atoms with E-state index in [1.807, 2.05) is 0 Å². The first-order chi connectivity index (χ1) is 16.4. The lowest BCUT2D eigenvalue weighted by Crippen LogP contribution is -2.48. The topological polar surface area (TPSA) is 88.1 Å². The van der Waals surface area contributed by atoms with E-state index in [4.69, 9.17) is 18.9 Å². The average molecular weight is 466 g/mol. The average Bonchev–Trinajstić information content (AvgIpc) is 2.86. The van der Waals surface area contributed by atoms with Gasteiger partial charge in [-0.1, -0.05) is 48.5 Å². The summed E-state index contributed by atoms with van der Waals surface area (Å²) < 4.78 is 34.2. The molecule has 0 spiro atoms. The van der Waals surface area contributed by atoms with E-state index >= 15 is 0 Å². The lowest BCUT2D eigenvalue weighted by molar-refractivity contribution is -0.195. The third-order valence-corrected chi connectivity index (χ3v) is 5.14. The van der Waals surface area contributed by atoms with E-state index in [1.165, 1.54) is 37.4 Å². The van der Waals surface area contributed by atoms with Gasteiger partial charge in [-0.3, -0.25) is 4.79 Å². The SMILES string of the molecule is COc1ccc(COC(=O)C(OC=O)(C(=O)OCc2ccc(F)cc2)c2ccccc2C)cc1. The first-order valence-electron chi connectivity index (χ1n) is 10.3. The largest absolute Gasteiger partial charge is 0.497 e. The number of benzene rings is 3. The molecule has 0 aliphatic rings. The van der Waals surface area contributed by atoms with Crippen LogP contribution in [0, 0.1) is 12.7 Å². The third kappa shape index (κ3) is 5.40. The Morgan fingerprint density at radius 2 is 1.38 bits per heavy atom. The number of aryl methyl sites for hydroxylation is 1. The highest BCUT2D eigenvalue weighted by Crippen LogP contribution is 2.32. The van der Waals surface area contributed by atoms with Crippen molar-refractivity contribution < 1.29 is 37.7 Å². The van der Waals surface area contributed by atoms with Gasteiger partial charge < -0.3 is 18.9 Å². The van der Waals surface area contributed by atoms with E-state index in [0.29, 0.717) is 22.4 Å². The normalized spacial score (nSPS) is 12.2. The number of hydrogen-bond donors (Lipinski definition) is 0. The molecule has 0 aliphatic carbocycles. The van der Waals surface area contributed by atoms with Crippen molar-refractivity contribution in [2.45, 2.75) is 25.7 Å². The minimum atomic E-state index is -2.49. The van der Waals surface area contributed by atoms with E-state index in [-0.39, 0.29) is 25.2 Å². The first-order valence-corrected chi connectivity index (χ1v) is 10.3. The number of carbonyl (C=O) groups excluding carboxylic acids is 3. The standard InChI is InChI=1S/C26H23FO7/c1-18-5-3-4-6-23(18)26(34-17-28,24(29)32-15-19-7-11-21(27)12-8-19)25(30)33-16-20-9-13-22(31-2)14-10-20/h3-14,17H,15-16H2,1-2H3. The predicted molar refractivity (Wildman–Crippen MR) is 119 cm³/mol. The van der Waals surface area contributed by atoms with Gasteiger partial charge in [0, 0.05) is 5.56 Å². The van der Waals surface area contributed by atoms with Gasteiger partial charge in [-0.2, -0.15) is 0 Å². The molecule has 34 heavy (non-hydrogen) atoms. The zero-order valence-corrected chi connectivity index (χ0v) is 18.7. The Morgan fingerprint density at radius 3 is 1.88 bits per heavy atom. The number of carbonyl (C=O) groups is 3. The molecule has 0 saturated heterocycles. The molecule has 1 unspecified atom stereocenters. The van der Waals surface area contributed by atoms with Gasteiger partial charge in [0.15, 0.2) is 0 Å². The molecule has 0 heterocycles.